The monoisotopic (exact) mass is 234 g/mol. The second kappa shape index (κ2) is 4.96. The smallest absolute Gasteiger partial charge is 0.119 e. The molecule has 0 aliphatic heterocycles. The molecule has 0 heterocycles. The van der Waals surface area contributed by atoms with Gasteiger partial charge in [-0.05, 0) is 44.2 Å². The Hall–Kier alpha value is -1.22. The van der Waals surface area contributed by atoms with Crippen LogP contribution in [0.5, 0.6) is 5.75 Å². The van der Waals surface area contributed by atoms with Gasteiger partial charge in [-0.25, -0.2) is 0 Å². The number of nitrogens with zero attached hydrogens (tertiary/aromatic N) is 1. The van der Waals surface area contributed by atoms with Crippen LogP contribution in [0.25, 0.3) is 0 Å². The Morgan fingerprint density at radius 3 is 2.41 bits per heavy atom. The van der Waals surface area contributed by atoms with E-state index >= 15 is 0 Å². The normalized spacial score (nSPS) is 16.6. The van der Waals surface area contributed by atoms with Crippen molar-refractivity contribution < 1.29 is 4.74 Å². The van der Waals surface area contributed by atoms with E-state index in [0.717, 1.165) is 18.8 Å². The van der Waals surface area contributed by atoms with Gasteiger partial charge in [0.15, 0.2) is 0 Å². The summed E-state index contributed by atoms with van der Waals surface area (Å²) in [6, 6.07) is 8.27. The van der Waals surface area contributed by atoms with Gasteiger partial charge in [0.05, 0.1) is 7.11 Å². The maximum Gasteiger partial charge on any atom is 0.119 e. The molecule has 0 amide bonds. The molecule has 1 fully saturated rings. The standard InChI is InChI=1S/C14H22N2O/c1-15-10-14(8-9-14)11-16(2)12-4-6-13(17-3)7-5-12/h4-7,15H,8-11H2,1-3H3. The van der Waals surface area contributed by atoms with E-state index in [1.54, 1.807) is 7.11 Å². The average Bonchev–Trinajstić information content (AvgIpc) is 3.09. The van der Waals surface area contributed by atoms with Gasteiger partial charge in [-0.15, -0.1) is 0 Å². The first kappa shape index (κ1) is 12.2. The van der Waals surface area contributed by atoms with Gasteiger partial charge in [0.25, 0.3) is 0 Å². The number of methoxy groups -OCH3 is 1. The summed E-state index contributed by atoms with van der Waals surface area (Å²) in [6.45, 7) is 2.24. The van der Waals surface area contributed by atoms with Crippen molar-refractivity contribution in [3.8, 4) is 5.75 Å². The minimum Gasteiger partial charge on any atom is -0.497 e. The molecular formula is C14H22N2O. The zero-order valence-electron chi connectivity index (χ0n) is 11.0. The van der Waals surface area contributed by atoms with Crippen molar-refractivity contribution in [2.75, 3.05) is 39.2 Å². The van der Waals surface area contributed by atoms with Crippen LogP contribution >= 0.6 is 0 Å². The molecular weight excluding hydrogens is 212 g/mol. The molecule has 0 aromatic heterocycles. The Morgan fingerprint density at radius 2 is 1.94 bits per heavy atom. The van der Waals surface area contributed by atoms with E-state index in [4.69, 9.17) is 4.74 Å². The minimum absolute atomic E-state index is 0.503. The molecule has 1 aromatic carbocycles. The molecule has 3 nitrogen and oxygen atoms in total. The third-order valence-corrected chi connectivity index (χ3v) is 3.59. The Labute approximate surface area is 104 Å². The van der Waals surface area contributed by atoms with Gasteiger partial charge in [0.2, 0.25) is 0 Å². The molecule has 1 aromatic rings. The van der Waals surface area contributed by atoms with Crippen molar-refractivity contribution in [1.29, 1.82) is 0 Å². The van der Waals surface area contributed by atoms with Crippen molar-refractivity contribution >= 4 is 5.69 Å². The summed E-state index contributed by atoms with van der Waals surface area (Å²) >= 11 is 0. The zero-order chi connectivity index (χ0) is 12.3. The summed E-state index contributed by atoms with van der Waals surface area (Å²) in [5, 5.41) is 3.30. The van der Waals surface area contributed by atoms with Gasteiger partial charge in [-0.1, -0.05) is 0 Å². The fraction of sp³-hybridized carbons (Fsp3) is 0.571. The Bertz CT molecular complexity index is 357. The van der Waals surface area contributed by atoms with Gasteiger partial charge in [0.1, 0.15) is 5.75 Å². The van der Waals surface area contributed by atoms with Gasteiger partial charge in [0, 0.05) is 31.2 Å². The molecule has 0 bridgehead atoms. The number of anilines is 1. The number of hydrogen-bond acceptors (Lipinski definition) is 3. The topological polar surface area (TPSA) is 24.5 Å². The second-order valence-corrected chi connectivity index (χ2v) is 5.08. The molecule has 2 rings (SSSR count). The molecule has 1 N–H and O–H groups in total. The first-order valence-corrected chi connectivity index (χ1v) is 6.19. The lowest BCUT2D eigenvalue weighted by Crippen LogP contribution is -2.32. The van der Waals surface area contributed by atoms with E-state index in [1.807, 2.05) is 19.2 Å². The molecule has 1 saturated carbocycles. The quantitative estimate of drug-likeness (QED) is 0.816. The summed E-state index contributed by atoms with van der Waals surface area (Å²) in [5.74, 6) is 0.915. The summed E-state index contributed by atoms with van der Waals surface area (Å²) in [7, 11) is 5.90. The van der Waals surface area contributed by atoms with Crippen LogP contribution in [0.15, 0.2) is 24.3 Å². The van der Waals surface area contributed by atoms with Crippen LogP contribution in [0.3, 0.4) is 0 Å². The maximum absolute atomic E-state index is 5.17. The average molecular weight is 234 g/mol. The highest BCUT2D eigenvalue weighted by Gasteiger charge is 2.42. The van der Waals surface area contributed by atoms with E-state index in [9.17, 15) is 0 Å². The lowest BCUT2D eigenvalue weighted by molar-refractivity contribution is 0.414. The highest BCUT2D eigenvalue weighted by molar-refractivity contribution is 5.48. The van der Waals surface area contributed by atoms with Crippen molar-refractivity contribution in [2.24, 2.45) is 5.41 Å². The van der Waals surface area contributed by atoms with E-state index in [0.29, 0.717) is 5.41 Å². The number of hydrogen-bond donors (Lipinski definition) is 1. The molecule has 0 atom stereocenters. The number of benzene rings is 1. The number of nitrogens with one attached hydrogen (secondary N) is 1. The van der Waals surface area contributed by atoms with Crippen LogP contribution in [0.4, 0.5) is 5.69 Å². The first-order chi connectivity index (χ1) is 8.19. The van der Waals surface area contributed by atoms with Crippen molar-refractivity contribution in [2.45, 2.75) is 12.8 Å². The van der Waals surface area contributed by atoms with Crippen LogP contribution in [-0.2, 0) is 0 Å². The molecule has 0 radical (unpaired) electrons. The van der Waals surface area contributed by atoms with Crippen LogP contribution in [0.1, 0.15) is 12.8 Å². The highest BCUT2D eigenvalue weighted by atomic mass is 16.5. The van der Waals surface area contributed by atoms with Gasteiger partial charge < -0.3 is 15.0 Å². The van der Waals surface area contributed by atoms with E-state index in [-0.39, 0.29) is 0 Å². The largest absolute Gasteiger partial charge is 0.497 e. The van der Waals surface area contributed by atoms with E-state index in [1.165, 1.54) is 18.5 Å². The number of rotatable bonds is 6. The molecule has 94 valence electrons. The number of ether oxygens (including phenoxy) is 1. The Kier molecular flexibility index (Phi) is 3.57. The summed E-state index contributed by atoms with van der Waals surface area (Å²) in [4.78, 5) is 2.34. The van der Waals surface area contributed by atoms with Crippen molar-refractivity contribution in [1.82, 2.24) is 5.32 Å². The van der Waals surface area contributed by atoms with Crippen LogP contribution in [0, 0.1) is 5.41 Å². The van der Waals surface area contributed by atoms with Gasteiger partial charge in [-0.3, -0.25) is 0 Å². The van der Waals surface area contributed by atoms with Gasteiger partial charge in [-0.2, -0.15) is 0 Å². The summed E-state index contributed by atoms with van der Waals surface area (Å²) in [6.07, 6.45) is 2.68. The Morgan fingerprint density at radius 1 is 1.29 bits per heavy atom. The van der Waals surface area contributed by atoms with E-state index in [2.05, 4.69) is 29.4 Å². The highest BCUT2D eigenvalue weighted by Crippen LogP contribution is 2.45. The lowest BCUT2D eigenvalue weighted by atomic mass is 10.1. The Balaban J connectivity index is 1.97. The third kappa shape index (κ3) is 2.91. The molecule has 1 aliphatic carbocycles. The first-order valence-electron chi connectivity index (χ1n) is 6.19. The predicted octanol–water partition coefficient (Wildman–Crippen LogP) is 2.13. The van der Waals surface area contributed by atoms with Crippen molar-refractivity contribution in [3.05, 3.63) is 24.3 Å². The summed E-state index contributed by atoms with van der Waals surface area (Å²) in [5.41, 5.74) is 1.76. The van der Waals surface area contributed by atoms with Crippen molar-refractivity contribution in [3.63, 3.8) is 0 Å². The predicted molar refractivity (Wildman–Crippen MR) is 71.9 cm³/mol. The molecule has 3 heteroatoms. The fourth-order valence-corrected chi connectivity index (χ4v) is 2.37. The minimum atomic E-state index is 0.503. The molecule has 0 unspecified atom stereocenters. The SMILES string of the molecule is CNCC1(CN(C)c2ccc(OC)cc2)CC1. The molecule has 0 spiro atoms. The van der Waals surface area contributed by atoms with Crippen LogP contribution in [-0.4, -0.2) is 34.3 Å². The van der Waals surface area contributed by atoms with E-state index < -0.39 is 0 Å². The van der Waals surface area contributed by atoms with Crippen LogP contribution in [0.2, 0.25) is 0 Å². The zero-order valence-corrected chi connectivity index (χ0v) is 11.0. The third-order valence-electron chi connectivity index (χ3n) is 3.59. The second-order valence-electron chi connectivity index (χ2n) is 5.08. The molecule has 17 heavy (non-hydrogen) atoms. The van der Waals surface area contributed by atoms with Gasteiger partial charge >= 0.3 is 0 Å². The lowest BCUT2D eigenvalue weighted by Gasteiger charge is -2.25. The molecule has 1 aliphatic rings. The van der Waals surface area contributed by atoms with Crippen LogP contribution < -0.4 is 15.0 Å². The fourth-order valence-electron chi connectivity index (χ4n) is 2.37. The maximum atomic E-state index is 5.17. The summed E-state index contributed by atoms with van der Waals surface area (Å²) < 4.78 is 5.17. The molecule has 0 saturated heterocycles.